The summed E-state index contributed by atoms with van der Waals surface area (Å²) in [5.74, 6) is 0. The lowest BCUT2D eigenvalue weighted by Crippen LogP contribution is -2.38. The molecule has 0 saturated carbocycles. The third-order valence-corrected chi connectivity index (χ3v) is 4.44. The van der Waals surface area contributed by atoms with E-state index >= 15 is 0 Å². The molecule has 0 aliphatic rings. The second kappa shape index (κ2) is 8.49. The topological polar surface area (TPSA) is 41.1 Å². The highest BCUT2D eigenvalue weighted by molar-refractivity contribution is 9.10. The molecule has 0 fully saturated rings. The maximum atomic E-state index is 12.4. The highest BCUT2D eigenvalue weighted by Gasteiger charge is 2.16. The number of halogens is 1. The highest BCUT2D eigenvalue weighted by Crippen LogP contribution is 2.21. The molecule has 0 aromatic heterocycles. The van der Waals surface area contributed by atoms with Crippen LogP contribution in [0.4, 0.5) is 4.79 Å². The summed E-state index contributed by atoms with van der Waals surface area (Å²) < 4.78 is 1.02. The first-order valence-corrected chi connectivity index (χ1v) is 8.90. The molecule has 0 heterocycles. The molecule has 0 bridgehead atoms. The number of rotatable bonds is 5. The van der Waals surface area contributed by atoms with Gasteiger partial charge in [0.1, 0.15) is 0 Å². The number of hydrogen-bond acceptors (Lipinski definition) is 1. The van der Waals surface area contributed by atoms with E-state index in [0.717, 1.165) is 21.2 Å². The van der Waals surface area contributed by atoms with Gasteiger partial charge in [-0.2, -0.15) is 0 Å². The first-order valence-electron chi connectivity index (χ1n) is 8.11. The van der Waals surface area contributed by atoms with Crippen molar-refractivity contribution in [2.75, 3.05) is 0 Å². The summed E-state index contributed by atoms with van der Waals surface area (Å²) in [7, 11) is 0. The van der Waals surface area contributed by atoms with Gasteiger partial charge in [-0.3, -0.25) is 0 Å². The second-order valence-electron chi connectivity index (χ2n) is 5.71. The maximum absolute atomic E-state index is 12.4. The molecular formula is C21H19BrN2O. The smallest absolute Gasteiger partial charge is 0.315 e. The van der Waals surface area contributed by atoms with Crippen LogP contribution in [0.5, 0.6) is 0 Å². The van der Waals surface area contributed by atoms with Gasteiger partial charge in [-0.25, -0.2) is 4.79 Å². The number of carbonyl (C=O) groups is 1. The minimum atomic E-state index is -0.194. The van der Waals surface area contributed by atoms with Crippen molar-refractivity contribution in [1.82, 2.24) is 10.6 Å². The number of amides is 2. The summed E-state index contributed by atoms with van der Waals surface area (Å²) in [6.45, 7) is 0.482. The van der Waals surface area contributed by atoms with E-state index in [2.05, 4.69) is 26.6 Å². The van der Waals surface area contributed by atoms with Crippen LogP contribution >= 0.6 is 15.9 Å². The number of nitrogens with one attached hydrogen (secondary N) is 2. The Balaban J connectivity index is 1.69. The fourth-order valence-electron chi connectivity index (χ4n) is 2.62. The molecule has 0 saturated heterocycles. The van der Waals surface area contributed by atoms with Crippen molar-refractivity contribution in [3.8, 4) is 0 Å². The zero-order valence-corrected chi connectivity index (χ0v) is 15.2. The minimum absolute atomic E-state index is 0.188. The van der Waals surface area contributed by atoms with Gasteiger partial charge in [0.05, 0.1) is 6.04 Å². The van der Waals surface area contributed by atoms with Crippen molar-refractivity contribution in [2.24, 2.45) is 0 Å². The molecule has 4 heteroatoms. The summed E-state index contributed by atoms with van der Waals surface area (Å²) >= 11 is 3.41. The van der Waals surface area contributed by atoms with Gasteiger partial charge in [0.2, 0.25) is 0 Å². The number of carbonyl (C=O) groups excluding carboxylic acids is 1. The Kier molecular flexibility index (Phi) is 5.86. The predicted octanol–water partition coefficient (Wildman–Crippen LogP) is 5.04. The molecule has 25 heavy (non-hydrogen) atoms. The van der Waals surface area contributed by atoms with Crippen LogP contribution in [0.1, 0.15) is 22.7 Å². The second-order valence-corrected chi connectivity index (χ2v) is 6.62. The molecule has 3 aromatic rings. The van der Waals surface area contributed by atoms with Crippen molar-refractivity contribution in [3.63, 3.8) is 0 Å². The van der Waals surface area contributed by atoms with Crippen LogP contribution in [0, 0.1) is 0 Å². The summed E-state index contributed by atoms with van der Waals surface area (Å²) in [5, 5.41) is 5.99. The highest BCUT2D eigenvalue weighted by atomic mass is 79.9. The number of hydrogen-bond donors (Lipinski definition) is 2. The Morgan fingerprint density at radius 3 is 1.84 bits per heavy atom. The molecule has 0 spiro atoms. The van der Waals surface area contributed by atoms with Gasteiger partial charge >= 0.3 is 6.03 Å². The Labute approximate surface area is 156 Å². The minimum Gasteiger partial charge on any atom is -0.334 e. The monoisotopic (exact) mass is 394 g/mol. The molecule has 126 valence electrons. The van der Waals surface area contributed by atoms with E-state index in [9.17, 15) is 4.79 Å². The van der Waals surface area contributed by atoms with Gasteiger partial charge < -0.3 is 10.6 Å². The van der Waals surface area contributed by atoms with Crippen LogP contribution in [0.3, 0.4) is 0 Å². The quantitative estimate of drug-likeness (QED) is 0.625. The van der Waals surface area contributed by atoms with Crippen molar-refractivity contribution in [2.45, 2.75) is 12.6 Å². The van der Waals surface area contributed by atoms with Crippen LogP contribution in [0.25, 0.3) is 0 Å². The predicted molar refractivity (Wildman–Crippen MR) is 104 cm³/mol. The first-order chi connectivity index (χ1) is 12.2. The summed E-state index contributed by atoms with van der Waals surface area (Å²) in [4.78, 5) is 12.4. The maximum Gasteiger partial charge on any atom is 0.315 e. The fraction of sp³-hybridized carbons (Fsp3) is 0.0952. The van der Waals surface area contributed by atoms with Crippen molar-refractivity contribution in [3.05, 3.63) is 106 Å². The van der Waals surface area contributed by atoms with Crippen molar-refractivity contribution in [1.29, 1.82) is 0 Å². The molecule has 0 atom stereocenters. The molecule has 2 N–H and O–H groups in total. The Bertz CT molecular complexity index is 765. The number of benzene rings is 3. The lowest BCUT2D eigenvalue weighted by molar-refractivity contribution is 0.238. The van der Waals surface area contributed by atoms with Gasteiger partial charge in [0.25, 0.3) is 0 Å². The van der Waals surface area contributed by atoms with Crippen LogP contribution in [0.15, 0.2) is 89.4 Å². The zero-order valence-electron chi connectivity index (χ0n) is 13.7. The summed E-state index contributed by atoms with van der Waals surface area (Å²) in [6.07, 6.45) is 0. The standard InChI is InChI=1S/C21H19BrN2O/c22-19-13-11-16(12-14-19)15-23-21(25)24-20(17-7-3-1-4-8-17)18-9-5-2-6-10-18/h1-14,20H,15H2,(H2,23,24,25). The molecule has 3 aromatic carbocycles. The van der Waals surface area contributed by atoms with E-state index in [-0.39, 0.29) is 12.1 Å². The van der Waals surface area contributed by atoms with Gasteiger partial charge in [-0.05, 0) is 28.8 Å². The van der Waals surface area contributed by atoms with Crippen LogP contribution in [-0.2, 0) is 6.54 Å². The largest absolute Gasteiger partial charge is 0.334 e. The third-order valence-electron chi connectivity index (χ3n) is 3.91. The Hall–Kier alpha value is -2.59. The van der Waals surface area contributed by atoms with E-state index in [0.29, 0.717) is 6.54 Å². The van der Waals surface area contributed by atoms with Crippen LogP contribution in [-0.4, -0.2) is 6.03 Å². The molecule has 0 radical (unpaired) electrons. The van der Waals surface area contributed by atoms with Gasteiger partial charge in [-0.1, -0.05) is 88.7 Å². The van der Waals surface area contributed by atoms with Crippen LogP contribution in [0.2, 0.25) is 0 Å². The van der Waals surface area contributed by atoms with E-state index in [4.69, 9.17) is 0 Å². The van der Waals surface area contributed by atoms with E-state index in [1.54, 1.807) is 0 Å². The first kappa shape index (κ1) is 17.2. The van der Waals surface area contributed by atoms with Crippen molar-refractivity contribution >= 4 is 22.0 Å². The molecule has 0 aliphatic heterocycles. The average molecular weight is 395 g/mol. The molecule has 0 aliphatic carbocycles. The molecule has 0 unspecified atom stereocenters. The molecule has 3 rings (SSSR count). The van der Waals surface area contributed by atoms with Crippen molar-refractivity contribution < 1.29 is 4.79 Å². The number of urea groups is 1. The lowest BCUT2D eigenvalue weighted by Gasteiger charge is -2.20. The summed E-state index contributed by atoms with van der Waals surface area (Å²) in [6, 6.07) is 27.5. The normalized spacial score (nSPS) is 10.5. The fourth-order valence-corrected chi connectivity index (χ4v) is 2.88. The van der Waals surface area contributed by atoms with Gasteiger partial charge in [0, 0.05) is 11.0 Å². The average Bonchev–Trinajstić information content (AvgIpc) is 2.67. The lowest BCUT2D eigenvalue weighted by atomic mass is 9.99. The summed E-state index contributed by atoms with van der Waals surface area (Å²) in [5.41, 5.74) is 3.15. The van der Waals surface area contributed by atoms with E-state index < -0.39 is 0 Å². The van der Waals surface area contributed by atoms with E-state index in [1.807, 2.05) is 84.9 Å². The molecule has 3 nitrogen and oxygen atoms in total. The van der Waals surface area contributed by atoms with E-state index in [1.165, 1.54) is 0 Å². The third kappa shape index (κ3) is 4.94. The Morgan fingerprint density at radius 1 is 0.800 bits per heavy atom. The zero-order chi connectivity index (χ0) is 17.5. The van der Waals surface area contributed by atoms with Gasteiger partial charge in [0.15, 0.2) is 0 Å². The Morgan fingerprint density at radius 2 is 1.32 bits per heavy atom. The van der Waals surface area contributed by atoms with Gasteiger partial charge in [-0.15, -0.1) is 0 Å². The molecular weight excluding hydrogens is 376 g/mol. The molecule has 2 amide bonds. The van der Waals surface area contributed by atoms with Crippen LogP contribution < -0.4 is 10.6 Å². The SMILES string of the molecule is O=C(NCc1ccc(Br)cc1)NC(c1ccccc1)c1ccccc1.